The Labute approximate surface area is 65.8 Å². The first-order chi connectivity index (χ1) is 4.59. The van der Waals surface area contributed by atoms with E-state index in [0.717, 1.165) is 5.75 Å². The van der Waals surface area contributed by atoms with Gasteiger partial charge in [-0.05, 0) is 32.7 Å². The molecule has 0 radical (unpaired) electrons. The fourth-order valence-corrected chi connectivity index (χ4v) is 2.60. The predicted octanol–water partition coefficient (Wildman–Crippen LogP) is 1.53. The van der Waals surface area contributed by atoms with Crippen LogP contribution in [0.2, 0.25) is 0 Å². The highest BCUT2D eigenvalue weighted by Gasteiger charge is 2.65. The molecule has 0 bridgehead atoms. The molecule has 1 fully saturated rings. The van der Waals surface area contributed by atoms with Gasteiger partial charge >= 0.3 is 0 Å². The molecule has 0 amide bonds. The van der Waals surface area contributed by atoms with E-state index in [1.54, 1.807) is 11.9 Å². The van der Waals surface area contributed by atoms with Gasteiger partial charge in [-0.15, -0.1) is 0 Å². The maximum absolute atomic E-state index is 4.16. The molecule has 2 aliphatic heterocycles. The Balaban J connectivity index is 2.31. The Kier molecular flexibility index (Phi) is 0.994. The number of nitrogens with zero attached hydrogens (tertiary/aromatic N) is 2. The van der Waals surface area contributed by atoms with Crippen molar-refractivity contribution < 1.29 is 0 Å². The maximum Gasteiger partial charge on any atom is 0.100 e. The minimum absolute atomic E-state index is 0.347. The fraction of sp³-hybridized carbons (Fsp3) is 0.857. The SMILES string of the molecule is CC1(C)N2C=NSCC21C. The minimum atomic E-state index is 0.347. The van der Waals surface area contributed by atoms with Gasteiger partial charge in [0.25, 0.3) is 0 Å². The van der Waals surface area contributed by atoms with E-state index in [9.17, 15) is 0 Å². The fourth-order valence-electron chi connectivity index (χ4n) is 1.62. The number of hydrogen-bond donors (Lipinski definition) is 0. The standard InChI is InChI=1S/C7H12N2S/c1-6(2)7(3)4-10-8-5-9(6)7/h5H,4H2,1-3H3. The zero-order chi connectivity index (χ0) is 7.41. The molecular weight excluding hydrogens is 144 g/mol. The minimum Gasteiger partial charge on any atom is -0.346 e. The van der Waals surface area contributed by atoms with E-state index in [1.165, 1.54) is 0 Å². The van der Waals surface area contributed by atoms with Crippen LogP contribution in [0.15, 0.2) is 4.40 Å². The molecule has 1 atom stereocenters. The van der Waals surface area contributed by atoms with Gasteiger partial charge in [-0.3, -0.25) is 0 Å². The second-order valence-electron chi connectivity index (χ2n) is 3.70. The van der Waals surface area contributed by atoms with Crippen molar-refractivity contribution in [3.05, 3.63) is 0 Å². The summed E-state index contributed by atoms with van der Waals surface area (Å²) in [6.07, 6.45) is 1.97. The van der Waals surface area contributed by atoms with Gasteiger partial charge in [-0.25, -0.2) is 4.40 Å². The van der Waals surface area contributed by atoms with Crippen molar-refractivity contribution in [2.24, 2.45) is 4.40 Å². The summed E-state index contributed by atoms with van der Waals surface area (Å²) < 4.78 is 4.16. The molecule has 0 aromatic rings. The summed E-state index contributed by atoms with van der Waals surface area (Å²) in [6.45, 7) is 6.83. The lowest BCUT2D eigenvalue weighted by atomic mass is 10.0. The average molecular weight is 156 g/mol. The van der Waals surface area contributed by atoms with E-state index in [4.69, 9.17) is 0 Å². The van der Waals surface area contributed by atoms with Crippen molar-refractivity contribution in [2.45, 2.75) is 31.8 Å². The molecular formula is C7H12N2S. The second kappa shape index (κ2) is 1.52. The highest BCUT2D eigenvalue weighted by molar-refractivity contribution is 7.98. The van der Waals surface area contributed by atoms with E-state index < -0.39 is 0 Å². The van der Waals surface area contributed by atoms with Crippen LogP contribution in [-0.4, -0.2) is 28.1 Å². The van der Waals surface area contributed by atoms with E-state index in [2.05, 4.69) is 30.1 Å². The van der Waals surface area contributed by atoms with Crippen molar-refractivity contribution in [2.75, 3.05) is 5.75 Å². The first-order valence-corrected chi connectivity index (χ1v) is 4.48. The Morgan fingerprint density at radius 2 is 2.20 bits per heavy atom. The summed E-state index contributed by atoms with van der Waals surface area (Å²) in [5.41, 5.74) is 0.736. The number of hydrogen-bond acceptors (Lipinski definition) is 3. The maximum atomic E-state index is 4.16. The van der Waals surface area contributed by atoms with Gasteiger partial charge in [0.05, 0.1) is 11.1 Å². The molecule has 0 spiro atoms. The lowest BCUT2D eigenvalue weighted by Crippen LogP contribution is -2.20. The van der Waals surface area contributed by atoms with E-state index in [1.807, 2.05) is 6.34 Å². The second-order valence-corrected chi connectivity index (χ2v) is 4.45. The Hall–Kier alpha value is -0.180. The normalized spacial score (nSPS) is 41.3. The highest BCUT2D eigenvalue weighted by atomic mass is 32.2. The Morgan fingerprint density at radius 3 is 2.60 bits per heavy atom. The van der Waals surface area contributed by atoms with Crippen LogP contribution in [0.25, 0.3) is 0 Å². The van der Waals surface area contributed by atoms with Crippen molar-refractivity contribution in [3.8, 4) is 0 Å². The summed E-state index contributed by atoms with van der Waals surface area (Å²) in [7, 11) is 0. The molecule has 2 aliphatic rings. The monoisotopic (exact) mass is 156 g/mol. The molecule has 0 aromatic carbocycles. The van der Waals surface area contributed by atoms with E-state index in [0.29, 0.717) is 11.1 Å². The third-order valence-electron chi connectivity index (χ3n) is 2.98. The largest absolute Gasteiger partial charge is 0.346 e. The van der Waals surface area contributed by atoms with E-state index in [-0.39, 0.29) is 0 Å². The Bertz CT molecular complexity index is 200. The molecule has 0 aromatic heterocycles. The average Bonchev–Trinajstić information content (AvgIpc) is 2.30. The summed E-state index contributed by atoms with van der Waals surface area (Å²) in [5, 5.41) is 0. The van der Waals surface area contributed by atoms with Crippen LogP contribution in [0.4, 0.5) is 0 Å². The highest BCUT2D eigenvalue weighted by Crippen LogP contribution is 2.53. The Morgan fingerprint density at radius 1 is 1.50 bits per heavy atom. The van der Waals surface area contributed by atoms with Crippen molar-refractivity contribution >= 4 is 18.3 Å². The summed E-state index contributed by atoms with van der Waals surface area (Å²) >= 11 is 1.67. The van der Waals surface area contributed by atoms with Crippen molar-refractivity contribution in [1.29, 1.82) is 0 Å². The molecule has 0 saturated carbocycles. The zero-order valence-corrected chi connectivity index (χ0v) is 7.40. The van der Waals surface area contributed by atoms with Crippen LogP contribution >= 0.6 is 11.9 Å². The molecule has 2 rings (SSSR count). The predicted molar refractivity (Wildman–Crippen MR) is 45.3 cm³/mol. The molecule has 1 saturated heterocycles. The summed E-state index contributed by atoms with van der Waals surface area (Å²) in [4.78, 5) is 2.33. The van der Waals surface area contributed by atoms with Gasteiger partial charge in [0.1, 0.15) is 6.34 Å². The van der Waals surface area contributed by atoms with Gasteiger partial charge in [-0.1, -0.05) is 0 Å². The first kappa shape index (κ1) is 6.53. The molecule has 1 unspecified atom stereocenters. The summed E-state index contributed by atoms with van der Waals surface area (Å²) in [5.74, 6) is 1.14. The molecule has 0 aliphatic carbocycles. The van der Waals surface area contributed by atoms with Crippen LogP contribution in [0, 0.1) is 0 Å². The van der Waals surface area contributed by atoms with Crippen LogP contribution in [0.1, 0.15) is 20.8 Å². The third-order valence-corrected chi connectivity index (χ3v) is 3.92. The van der Waals surface area contributed by atoms with Crippen LogP contribution < -0.4 is 0 Å². The topological polar surface area (TPSA) is 15.4 Å². The van der Waals surface area contributed by atoms with Gasteiger partial charge in [0.2, 0.25) is 0 Å². The number of rotatable bonds is 0. The first-order valence-electron chi connectivity index (χ1n) is 3.54. The van der Waals surface area contributed by atoms with Crippen LogP contribution in [0.5, 0.6) is 0 Å². The lowest BCUT2D eigenvalue weighted by Gasteiger charge is -2.10. The smallest absolute Gasteiger partial charge is 0.100 e. The molecule has 56 valence electrons. The van der Waals surface area contributed by atoms with Gasteiger partial charge in [0.15, 0.2) is 0 Å². The van der Waals surface area contributed by atoms with Gasteiger partial charge < -0.3 is 4.90 Å². The third kappa shape index (κ3) is 0.506. The van der Waals surface area contributed by atoms with Gasteiger partial charge in [-0.2, -0.15) is 0 Å². The van der Waals surface area contributed by atoms with Crippen molar-refractivity contribution in [1.82, 2.24) is 4.90 Å². The van der Waals surface area contributed by atoms with Crippen LogP contribution in [-0.2, 0) is 0 Å². The molecule has 0 N–H and O–H groups in total. The molecule has 10 heavy (non-hydrogen) atoms. The van der Waals surface area contributed by atoms with Crippen molar-refractivity contribution in [3.63, 3.8) is 0 Å². The zero-order valence-electron chi connectivity index (χ0n) is 6.59. The van der Waals surface area contributed by atoms with Gasteiger partial charge in [0, 0.05) is 5.75 Å². The number of fused-ring (bicyclic) bond motifs is 1. The molecule has 2 nitrogen and oxygen atoms in total. The van der Waals surface area contributed by atoms with Crippen LogP contribution in [0.3, 0.4) is 0 Å². The quantitative estimate of drug-likeness (QED) is 0.390. The van der Waals surface area contributed by atoms with E-state index >= 15 is 0 Å². The lowest BCUT2D eigenvalue weighted by molar-refractivity contribution is 0.619. The molecule has 2 heterocycles. The molecule has 3 heteroatoms. The summed E-state index contributed by atoms with van der Waals surface area (Å²) in [6, 6.07) is 0.